The molecule has 0 aliphatic carbocycles. The first-order valence-corrected chi connectivity index (χ1v) is 7.91. The van der Waals surface area contributed by atoms with Crippen LogP contribution in [0.4, 0.5) is 23.1 Å². The Labute approximate surface area is 150 Å². The van der Waals surface area contributed by atoms with Gasteiger partial charge in [-0.1, -0.05) is 23.7 Å². The summed E-state index contributed by atoms with van der Waals surface area (Å²) in [6.07, 6.45) is 1.66. The molecular weight excluding hydrogens is 340 g/mol. The number of hydrogen-bond acceptors (Lipinski definition) is 6. The number of anilines is 4. The second-order valence-electron chi connectivity index (χ2n) is 5.06. The molecule has 2 aromatic carbocycles. The van der Waals surface area contributed by atoms with Gasteiger partial charge < -0.3 is 20.1 Å². The van der Waals surface area contributed by atoms with Crippen molar-refractivity contribution in [2.75, 3.05) is 24.9 Å². The monoisotopic (exact) mass is 356 g/mol. The average Bonchev–Trinajstić information content (AvgIpc) is 2.64. The molecule has 128 valence electrons. The predicted octanol–water partition coefficient (Wildman–Crippen LogP) is 4.63. The van der Waals surface area contributed by atoms with Crippen molar-refractivity contribution in [3.8, 4) is 11.5 Å². The fourth-order valence-electron chi connectivity index (χ4n) is 2.21. The van der Waals surface area contributed by atoms with Crippen molar-refractivity contribution in [1.82, 2.24) is 9.97 Å². The largest absolute Gasteiger partial charge is 0.497 e. The van der Waals surface area contributed by atoms with Gasteiger partial charge in [0.1, 0.15) is 17.3 Å². The first-order valence-electron chi connectivity index (χ1n) is 7.53. The smallest absolute Gasteiger partial charge is 0.229 e. The van der Waals surface area contributed by atoms with Crippen LogP contribution >= 0.6 is 11.6 Å². The first kappa shape index (κ1) is 16.9. The van der Waals surface area contributed by atoms with Crippen LogP contribution in [0, 0.1) is 0 Å². The van der Waals surface area contributed by atoms with E-state index < -0.39 is 0 Å². The zero-order chi connectivity index (χ0) is 17.6. The zero-order valence-corrected chi connectivity index (χ0v) is 14.5. The highest BCUT2D eigenvalue weighted by atomic mass is 35.5. The molecular formula is C18H17ClN4O2. The maximum absolute atomic E-state index is 6.16. The normalized spacial score (nSPS) is 10.2. The molecule has 0 radical (unpaired) electrons. The van der Waals surface area contributed by atoms with E-state index in [-0.39, 0.29) is 0 Å². The van der Waals surface area contributed by atoms with Gasteiger partial charge in [0.05, 0.1) is 30.6 Å². The number of nitrogens with one attached hydrogen (secondary N) is 2. The summed E-state index contributed by atoms with van der Waals surface area (Å²) in [5.74, 6) is 2.39. The number of halogens is 1. The van der Waals surface area contributed by atoms with Crippen LogP contribution in [0.1, 0.15) is 0 Å². The zero-order valence-electron chi connectivity index (χ0n) is 13.8. The molecule has 0 spiro atoms. The van der Waals surface area contributed by atoms with Crippen molar-refractivity contribution in [2.45, 2.75) is 0 Å². The van der Waals surface area contributed by atoms with Gasteiger partial charge in [-0.15, -0.1) is 0 Å². The Hall–Kier alpha value is -2.99. The van der Waals surface area contributed by atoms with Gasteiger partial charge in [0.25, 0.3) is 0 Å². The molecule has 0 saturated carbocycles. The Morgan fingerprint density at radius 3 is 2.52 bits per heavy atom. The molecule has 1 aromatic heterocycles. The van der Waals surface area contributed by atoms with Crippen LogP contribution in [0.25, 0.3) is 0 Å². The topological polar surface area (TPSA) is 68.3 Å². The number of aromatic nitrogens is 2. The van der Waals surface area contributed by atoms with Crippen molar-refractivity contribution >= 4 is 34.7 Å². The third-order valence-electron chi connectivity index (χ3n) is 3.45. The third kappa shape index (κ3) is 4.10. The van der Waals surface area contributed by atoms with Gasteiger partial charge in [-0.2, -0.15) is 4.98 Å². The van der Waals surface area contributed by atoms with Crippen molar-refractivity contribution in [3.05, 3.63) is 59.8 Å². The second-order valence-corrected chi connectivity index (χ2v) is 5.47. The third-order valence-corrected chi connectivity index (χ3v) is 3.78. The van der Waals surface area contributed by atoms with Gasteiger partial charge in [-0.3, -0.25) is 0 Å². The van der Waals surface area contributed by atoms with Gasteiger partial charge in [0.2, 0.25) is 5.95 Å². The van der Waals surface area contributed by atoms with Crippen LogP contribution in [-0.4, -0.2) is 24.2 Å². The van der Waals surface area contributed by atoms with Crippen LogP contribution in [0.3, 0.4) is 0 Å². The highest BCUT2D eigenvalue weighted by Gasteiger charge is 2.08. The molecule has 0 aliphatic rings. The maximum Gasteiger partial charge on any atom is 0.229 e. The van der Waals surface area contributed by atoms with E-state index in [0.29, 0.717) is 28.3 Å². The molecule has 1 heterocycles. The minimum absolute atomic E-state index is 0.431. The molecule has 0 unspecified atom stereocenters. The predicted molar refractivity (Wildman–Crippen MR) is 99.6 cm³/mol. The van der Waals surface area contributed by atoms with Gasteiger partial charge in [0, 0.05) is 12.3 Å². The van der Waals surface area contributed by atoms with Crippen LogP contribution in [-0.2, 0) is 0 Å². The lowest BCUT2D eigenvalue weighted by Gasteiger charge is -2.12. The van der Waals surface area contributed by atoms with Crippen LogP contribution in [0.15, 0.2) is 54.7 Å². The van der Waals surface area contributed by atoms with Gasteiger partial charge >= 0.3 is 0 Å². The lowest BCUT2D eigenvalue weighted by atomic mass is 10.2. The number of ether oxygens (including phenoxy) is 2. The standard InChI is InChI=1S/C18H17ClN4O2/c1-24-12-7-8-15(16(11-12)25-2)22-18-20-10-9-17(23-18)21-14-6-4-3-5-13(14)19/h3-11H,1-2H3,(H2,20,21,22,23). The van der Waals surface area contributed by atoms with Crippen molar-refractivity contribution in [1.29, 1.82) is 0 Å². The fourth-order valence-corrected chi connectivity index (χ4v) is 2.39. The summed E-state index contributed by atoms with van der Waals surface area (Å²) in [6, 6.07) is 14.7. The molecule has 25 heavy (non-hydrogen) atoms. The van der Waals surface area contributed by atoms with Crippen molar-refractivity contribution < 1.29 is 9.47 Å². The van der Waals surface area contributed by atoms with E-state index in [0.717, 1.165) is 11.4 Å². The number of para-hydroxylation sites is 1. The fraction of sp³-hybridized carbons (Fsp3) is 0.111. The summed E-state index contributed by atoms with van der Waals surface area (Å²) in [5, 5.41) is 6.93. The molecule has 0 atom stereocenters. The van der Waals surface area contributed by atoms with Gasteiger partial charge in [-0.05, 0) is 30.3 Å². The lowest BCUT2D eigenvalue weighted by molar-refractivity contribution is 0.395. The molecule has 6 nitrogen and oxygen atoms in total. The number of benzene rings is 2. The van der Waals surface area contributed by atoms with Crippen LogP contribution in [0.2, 0.25) is 5.02 Å². The molecule has 7 heteroatoms. The molecule has 0 aliphatic heterocycles. The van der Waals surface area contributed by atoms with E-state index in [1.54, 1.807) is 32.5 Å². The molecule has 0 amide bonds. The van der Waals surface area contributed by atoms with Gasteiger partial charge in [0.15, 0.2) is 0 Å². The molecule has 0 saturated heterocycles. The van der Waals surface area contributed by atoms with Crippen molar-refractivity contribution in [3.63, 3.8) is 0 Å². The molecule has 0 fully saturated rings. The maximum atomic E-state index is 6.16. The first-order chi connectivity index (χ1) is 12.2. The molecule has 3 rings (SSSR count). The number of hydrogen-bond donors (Lipinski definition) is 2. The highest BCUT2D eigenvalue weighted by Crippen LogP contribution is 2.31. The lowest BCUT2D eigenvalue weighted by Crippen LogP contribution is -2.02. The second kappa shape index (κ2) is 7.72. The van der Waals surface area contributed by atoms with E-state index in [9.17, 15) is 0 Å². The summed E-state index contributed by atoms with van der Waals surface area (Å²) >= 11 is 6.16. The number of methoxy groups -OCH3 is 2. The number of nitrogens with zero attached hydrogens (tertiary/aromatic N) is 2. The Morgan fingerprint density at radius 1 is 0.920 bits per heavy atom. The van der Waals surface area contributed by atoms with Crippen LogP contribution < -0.4 is 20.1 Å². The Morgan fingerprint density at radius 2 is 1.76 bits per heavy atom. The summed E-state index contributed by atoms with van der Waals surface area (Å²) < 4.78 is 10.6. The van der Waals surface area contributed by atoms with Crippen LogP contribution in [0.5, 0.6) is 11.5 Å². The minimum Gasteiger partial charge on any atom is -0.497 e. The Balaban J connectivity index is 1.81. The highest BCUT2D eigenvalue weighted by molar-refractivity contribution is 6.33. The minimum atomic E-state index is 0.431. The van der Waals surface area contributed by atoms with E-state index in [4.69, 9.17) is 21.1 Å². The summed E-state index contributed by atoms with van der Waals surface area (Å²) in [7, 11) is 3.20. The summed E-state index contributed by atoms with van der Waals surface area (Å²) in [4.78, 5) is 8.68. The quantitative estimate of drug-likeness (QED) is 0.671. The molecule has 2 N–H and O–H groups in total. The molecule has 0 bridgehead atoms. The SMILES string of the molecule is COc1ccc(Nc2nccc(Nc3ccccc3Cl)n2)c(OC)c1. The van der Waals surface area contributed by atoms with Gasteiger partial charge in [-0.25, -0.2) is 4.98 Å². The van der Waals surface area contributed by atoms with E-state index in [2.05, 4.69) is 20.6 Å². The summed E-state index contributed by atoms with van der Waals surface area (Å²) in [5.41, 5.74) is 1.51. The van der Waals surface area contributed by atoms with E-state index >= 15 is 0 Å². The Kier molecular flexibility index (Phi) is 5.20. The van der Waals surface area contributed by atoms with E-state index in [1.807, 2.05) is 36.4 Å². The van der Waals surface area contributed by atoms with Crippen molar-refractivity contribution in [2.24, 2.45) is 0 Å². The van der Waals surface area contributed by atoms with E-state index in [1.165, 1.54) is 0 Å². The Bertz CT molecular complexity index is 873. The average molecular weight is 357 g/mol. The summed E-state index contributed by atoms with van der Waals surface area (Å²) in [6.45, 7) is 0. The molecule has 3 aromatic rings. The number of rotatable bonds is 6.